The van der Waals surface area contributed by atoms with Crippen molar-refractivity contribution in [2.24, 2.45) is 0 Å². The number of thiazole rings is 1. The van der Waals surface area contributed by atoms with E-state index in [-0.39, 0.29) is 27.0 Å². The lowest BCUT2D eigenvalue weighted by molar-refractivity contribution is -0.117. The van der Waals surface area contributed by atoms with Crippen molar-refractivity contribution >= 4 is 32.4 Å². The second kappa shape index (κ2) is 8.58. The van der Waals surface area contributed by atoms with E-state index in [1.54, 1.807) is 29.0 Å². The summed E-state index contributed by atoms with van der Waals surface area (Å²) in [6.45, 7) is -1.51. The smallest absolute Gasteiger partial charge is 0.251 e. The number of nitrogens with zero attached hydrogens (tertiary/aromatic N) is 2. The van der Waals surface area contributed by atoms with E-state index in [0.717, 1.165) is 18.2 Å². The number of hydrogen-bond acceptors (Lipinski definition) is 5. The number of aromatic nitrogens is 1. The van der Waals surface area contributed by atoms with E-state index in [1.807, 2.05) is 0 Å². The number of sulfonamides is 1. The lowest BCUT2D eigenvalue weighted by Crippen LogP contribution is -2.27. The Bertz CT molecular complexity index is 1290. The van der Waals surface area contributed by atoms with Crippen LogP contribution >= 0.6 is 11.3 Å². The van der Waals surface area contributed by atoms with Crippen molar-refractivity contribution in [3.8, 4) is 11.1 Å². The molecule has 10 heteroatoms. The van der Waals surface area contributed by atoms with E-state index in [4.69, 9.17) is 4.11 Å². The summed E-state index contributed by atoms with van der Waals surface area (Å²) < 4.78 is 74.6. The van der Waals surface area contributed by atoms with Crippen molar-refractivity contribution < 1.29 is 26.1 Å². The van der Waals surface area contributed by atoms with Crippen LogP contribution in [0.15, 0.2) is 46.7 Å². The Kier molecular flexibility index (Phi) is 5.18. The van der Waals surface area contributed by atoms with Crippen LogP contribution in [0.25, 0.3) is 11.1 Å². The minimum Gasteiger partial charge on any atom is -0.291 e. The lowest BCUT2D eigenvalue weighted by atomic mass is 10.0. The maximum atomic E-state index is 14.0. The van der Waals surface area contributed by atoms with Gasteiger partial charge >= 0.3 is 0 Å². The Labute approximate surface area is 181 Å². The molecule has 1 N–H and O–H groups in total. The van der Waals surface area contributed by atoms with Crippen LogP contribution in [0.3, 0.4) is 0 Å². The van der Waals surface area contributed by atoms with E-state index in [1.165, 1.54) is 18.9 Å². The number of benzene rings is 2. The number of nitrogens with one attached hydrogen (secondary N) is 1. The molecule has 30 heavy (non-hydrogen) atoms. The van der Waals surface area contributed by atoms with Crippen LogP contribution in [0.2, 0.25) is 0 Å². The minimum absolute atomic E-state index is 0.0589. The van der Waals surface area contributed by atoms with Crippen LogP contribution < -0.4 is 9.62 Å². The summed E-state index contributed by atoms with van der Waals surface area (Å²) in [5.74, 6) is -1.54. The summed E-state index contributed by atoms with van der Waals surface area (Å²) in [4.78, 5) is 18.0. The number of hydrogen-bond donors (Lipinski definition) is 1. The van der Waals surface area contributed by atoms with Gasteiger partial charge in [0.2, 0.25) is 5.91 Å². The monoisotopic (exact) mass is 454 g/mol. The largest absolute Gasteiger partial charge is 0.291 e. The minimum atomic E-state index is -4.34. The highest BCUT2D eigenvalue weighted by molar-refractivity contribution is 7.91. The molecule has 0 radical (unpaired) electrons. The number of halogens is 2. The zero-order chi connectivity index (χ0) is 24.6. The van der Waals surface area contributed by atoms with Gasteiger partial charge in [0.25, 0.3) is 10.0 Å². The molecule has 0 unspecified atom stereocenters. The highest BCUT2D eigenvalue weighted by Gasteiger charge is 2.23. The number of amides is 1. The lowest BCUT2D eigenvalue weighted by Gasteiger charge is -2.14. The van der Waals surface area contributed by atoms with E-state index in [0.29, 0.717) is 22.5 Å². The number of carbonyl (C=O) groups is 1. The first-order valence-corrected chi connectivity index (χ1v) is 10.9. The van der Waals surface area contributed by atoms with Crippen LogP contribution in [-0.4, -0.2) is 33.3 Å². The first-order valence-electron chi connectivity index (χ1n) is 10.1. The molecular weight excluding hydrogens is 432 g/mol. The van der Waals surface area contributed by atoms with Gasteiger partial charge in [-0.2, -0.15) is 0 Å². The molecule has 1 amide bonds. The molecule has 0 aliphatic heterocycles. The Morgan fingerprint density at radius 1 is 1.23 bits per heavy atom. The topological polar surface area (TPSA) is 79.4 Å². The van der Waals surface area contributed by atoms with Crippen molar-refractivity contribution in [1.82, 2.24) is 9.71 Å². The van der Waals surface area contributed by atoms with Crippen LogP contribution in [0.4, 0.5) is 13.9 Å². The molecule has 0 aliphatic rings. The van der Waals surface area contributed by atoms with Crippen LogP contribution in [0.5, 0.6) is 0 Å². The van der Waals surface area contributed by atoms with E-state index in [9.17, 15) is 22.0 Å². The molecule has 0 bridgehead atoms. The number of likely N-dealkylation sites (N-methyl/N-ethyl adjacent to an activating group) is 1. The highest BCUT2D eigenvalue weighted by atomic mass is 32.2. The van der Waals surface area contributed by atoms with Crippen molar-refractivity contribution in [3.05, 3.63) is 65.4 Å². The number of carbonyl (C=O) groups excluding carboxylic acids is 1. The highest BCUT2D eigenvalue weighted by Crippen LogP contribution is 2.29. The fraction of sp³-hybridized carbons (Fsp3) is 0.200. The SMILES string of the molecule is [2H]C([2H])([2H])NS(=O)(=O)c1sc(N(C)C(=O)Cc2ccc(-c3cc(F)ccc3F)cc2)nc1C. The molecule has 0 fully saturated rings. The quantitative estimate of drug-likeness (QED) is 0.618. The van der Waals surface area contributed by atoms with Crippen LogP contribution in [0, 0.1) is 18.6 Å². The predicted octanol–water partition coefficient (Wildman–Crippen LogP) is 3.51. The maximum absolute atomic E-state index is 14.0. The normalized spacial score (nSPS) is 13.4. The fourth-order valence-corrected chi connectivity index (χ4v) is 4.82. The number of rotatable bonds is 6. The second-order valence-electron chi connectivity index (χ2n) is 6.43. The molecule has 2 aromatic carbocycles. The third-order valence-corrected chi connectivity index (χ3v) is 7.32. The summed E-state index contributed by atoms with van der Waals surface area (Å²) >= 11 is 0.673. The van der Waals surface area contributed by atoms with Crippen molar-refractivity contribution in [2.75, 3.05) is 18.9 Å². The van der Waals surface area contributed by atoms with Gasteiger partial charge in [0.05, 0.1) is 12.1 Å². The predicted molar refractivity (Wildman–Crippen MR) is 112 cm³/mol. The molecule has 0 atom stereocenters. The summed E-state index contributed by atoms with van der Waals surface area (Å²) in [6.07, 6.45) is -0.0589. The van der Waals surface area contributed by atoms with Gasteiger partial charge in [0.15, 0.2) is 9.34 Å². The van der Waals surface area contributed by atoms with Gasteiger partial charge in [-0.05, 0) is 43.2 Å². The molecule has 158 valence electrons. The van der Waals surface area contributed by atoms with Gasteiger partial charge in [-0.15, -0.1) is 0 Å². The van der Waals surface area contributed by atoms with Gasteiger partial charge in [0.1, 0.15) is 11.6 Å². The zero-order valence-corrected chi connectivity index (χ0v) is 17.6. The third kappa shape index (κ3) is 4.55. The molecule has 3 aromatic rings. The average Bonchev–Trinajstić information content (AvgIpc) is 3.11. The molecule has 0 saturated heterocycles. The van der Waals surface area contributed by atoms with Gasteiger partial charge in [-0.3, -0.25) is 9.69 Å². The Morgan fingerprint density at radius 3 is 2.60 bits per heavy atom. The maximum Gasteiger partial charge on any atom is 0.251 e. The van der Waals surface area contributed by atoms with E-state index in [2.05, 4.69) is 4.98 Å². The molecule has 0 spiro atoms. The number of aryl methyl sites for hydroxylation is 1. The third-order valence-electron chi connectivity index (χ3n) is 4.33. The van der Waals surface area contributed by atoms with Gasteiger partial charge < -0.3 is 0 Å². The second-order valence-corrected chi connectivity index (χ2v) is 9.28. The molecule has 1 heterocycles. The molecular formula is C20H19F2N3O3S2. The van der Waals surface area contributed by atoms with Gasteiger partial charge in [0, 0.05) is 16.7 Å². The average molecular weight is 455 g/mol. The summed E-state index contributed by atoms with van der Waals surface area (Å²) in [7, 11) is -2.91. The summed E-state index contributed by atoms with van der Waals surface area (Å²) in [5, 5.41) is 0.0851. The summed E-state index contributed by atoms with van der Waals surface area (Å²) in [6, 6.07) is 9.50. The van der Waals surface area contributed by atoms with Crippen molar-refractivity contribution in [2.45, 2.75) is 17.6 Å². The Morgan fingerprint density at radius 2 is 1.93 bits per heavy atom. The molecule has 3 rings (SSSR count). The first-order chi connectivity index (χ1) is 15.3. The van der Waals surface area contributed by atoms with Gasteiger partial charge in [-0.25, -0.2) is 26.9 Å². The fourth-order valence-electron chi connectivity index (χ4n) is 2.73. The molecule has 0 aliphatic carbocycles. The van der Waals surface area contributed by atoms with E-state index >= 15 is 0 Å². The van der Waals surface area contributed by atoms with E-state index < -0.39 is 34.5 Å². The zero-order valence-electron chi connectivity index (χ0n) is 18.9. The number of anilines is 1. The van der Waals surface area contributed by atoms with Crippen molar-refractivity contribution in [3.63, 3.8) is 0 Å². The first kappa shape index (κ1) is 18.1. The molecule has 6 nitrogen and oxygen atoms in total. The molecule has 0 saturated carbocycles. The van der Waals surface area contributed by atoms with Gasteiger partial charge in [-0.1, -0.05) is 35.6 Å². The van der Waals surface area contributed by atoms with Crippen LogP contribution in [0.1, 0.15) is 15.4 Å². The Hall–Kier alpha value is -2.69. The molecule has 1 aromatic heterocycles. The van der Waals surface area contributed by atoms with Crippen LogP contribution in [-0.2, 0) is 21.2 Å². The van der Waals surface area contributed by atoms with Crippen molar-refractivity contribution in [1.29, 1.82) is 0 Å². The Balaban J connectivity index is 1.75. The standard InChI is InChI=1S/C20H19F2N3O3S2/c1-12-19(30(27,28)23-2)29-20(24-12)25(3)18(26)10-13-4-6-14(7-5-13)16-11-15(21)8-9-17(16)22/h4-9,11,23H,10H2,1-3H3/i2D3. The summed E-state index contributed by atoms with van der Waals surface area (Å²) in [5.41, 5.74) is 1.21.